The molecule has 1 atom stereocenters. The van der Waals surface area contributed by atoms with Gasteiger partial charge in [0.2, 0.25) is 5.91 Å². The molecule has 0 saturated heterocycles. The molecule has 2 aromatic carbocycles. The molecular formula is C22H22N4O2. The molecule has 0 saturated carbocycles. The second-order valence-electron chi connectivity index (χ2n) is 6.95. The minimum Gasteiger partial charge on any atom is -0.324 e. The van der Waals surface area contributed by atoms with Crippen molar-refractivity contribution in [3.63, 3.8) is 0 Å². The highest BCUT2D eigenvalue weighted by Crippen LogP contribution is 2.25. The maximum absolute atomic E-state index is 13.0. The van der Waals surface area contributed by atoms with Gasteiger partial charge in [-0.3, -0.25) is 14.3 Å². The van der Waals surface area contributed by atoms with Gasteiger partial charge in [-0.2, -0.15) is 4.98 Å². The number of carbonyl (C=O) groups excluding carboxylic acids is 1. The maximum Gasteiger partial charge on any atom is 0.273 e. The number of anilines is 1. The Morgan fingerprint density at radius 1 is 1.14 bits per heavy atom. The first-order valence-electron chi connectivity index (χ1n) is 9.39. The van der Waals surface area contributed by atoms with Gasteiger partial charge in [-0.25, -0.2) is 4.52 Å². The molecule has 0 aliphatic rings. The molecule has 2 aromatic heterocycles. The van der Waals surface area contributed by atoms with Crippen LogP contribution in [0.25, 0.3) is 16.6 Å². The molecule has 142 valence electrons. The van der Waals surface area contributed by atoms with Gasteiger partial charge in [-0.1, -0.05) is 31.2 Å². The van der Waals surface area contributed by atoms with E-state index in [1.54, 1.807) is 0 Å². The van der Waals surface area contributed by atoms with Gasteiger partial charge >= 0.3 is 0 Å². The van der Waals surface area contributed by atoms with E-state index in [1.165, 1.54) is 11.6 Å². The molecule has 0 fully saturated rings. The Morgan fingerprint density at radius 3 is 2.57 bits per heavy atom. The molecular weight excluding hydrogens is 352 g/mol. The third-order valence-electron chi connectivity index (χ3n) is 5.07. The summed E-state index contributed by atoms with van der Waals surface area (Å²) in [5.41, 5.74) is 3.85. The van der Waals surface area contributed by atoms with Crippen molar-refractivity contribution < 1.29 is 4.79 Å². The van der Waals surface area contributed by atoms with Crippen molar-refractivity contribution in [2.75, 3.05) is 5.32 Å². The van der Waals surface area contributed by atoms with Crippen molar-refractivity contribution in [1.29, 1.82) is 0 Å². The van der Waals surface area contributed by atoms with E-state index < -0.39 is 6.04 Å². The molecule has 0 radical (unpaired) electrons. The lowest BCUT2D eigenvalue weighted by atomic mass is 10.1. The van der Waals surface area contributed by atoms with Gasteiger partial charge < -0.3 is 5.32 Å². The zero-order valence-corrected chi connectivity index (χ0v) is 16.1. The summed E-state index contributed by atoms with van der Waals surface area (Å²) in [6.45, 7) is 5.79. The second kappa shape index (κ2) is 6.96. The monoisotopic (exact) mass is 374 g/mol. The van der Waals surface area contributed by atoms with Crippen molar-refractivity contribution in [3.05, 3.63) is 76.2 Å². The molecule has 0 aliphatic heterocycles. The number of nitrogens with one attached hydrogen (secondary N) is 1. The molecule has 1 N–H and O–H groups in total. The molecule has 0 aliphatic carbocycles. The molecule has 4 rings (SSSR count). The number of aromatic nitrogens is 3. The lowest BCUT2D eigenvalue weighted by Gasteiger charge is -2.18. The maximum atomic E-state index is 13.0. The summed E-state index contributed by atoms with van der Waals surface area (Å²) in [4.78, 5) is 29.1. The van der Waals surface area contributed by atoms with E-state index in [2.05, 4.69) is 17.2 Å². The van der Waals surface area contributed by atoms with Crippen LogP contribution in [-0.4, -0.2) is 20.1 Å². The summed E-state index contributed by atoms with van der Waals surface area (Å²) in [6, 6.07) is 16.5. The SMILES string of the molecule is CCc1ccc(NC(=O)C(C)n2c3ccccc3c3nc(=O)cc(C)n32)cc1. The number of benzene rings is 2. The van der Waals surface area contributed by atoms with Gasteiger partial charge in [-0.15, -0.1) is 0 Å². The average molecular weight is 374 g/mol. The van der Waals surface area contributed by atoms with Crippen LogP contribution in [0.5, 0.6) is 0 Å². The Kier molecular flexibility index (Phi) is 4.47. The van der Waals surface area contributed by atoms with E-state index in [0.29, 0.717) is 5.65 Å². The number of aryl methyl sites for hydroxylation is 2. The van der Waals surface area contributed by atoms with Crippen LogP contribution in [0.1, 0.15) is 31.1 Å². The fraction of sp³-hybridized carbons (Fsp3) is 0.227. The third-order valence-corrected chi connectivity index (χ3v) is 5.07. The van der Waals surface area contributed by atoms with Crippen molar-refractivity contribution in [2.24, 2.45) is 0 Å². The first-order chi connectivity index (χ1) is 13.5. The fourth-order valence-corrected chi connectivity index (χ4v) is 3.57. The molecule has 2 heterocycles. The van der Waals surface area contributed by atoms with Gasteiger partial charge in [-0.05, 0) is 50.1 Å². The van der Waals surface area contributed by atoms with Gasteiger partial charge in [0.1, 0.15) is 6.04 Å². The van der Waals surface area contributed by atoms with E-state index in [9.17, 15) is 9.59 Å². The van der Waals surface area contributed by atoms with E-state index in [-0.39, 0.29) is 11.5 Å². The number of carbonyl (C=O) groups is 1. The zero-order valence-electron chi connectivity index (χ0n) is 16.1. The lowest BCUT2D eigenvalue weighted by Crippen LogP contribution is -2.27. The minimum atomic E-state index is -0.503. The number of rotatable bonds is 4. The Labute approximate surface area is 162 Å². The molecule has 1 amide bonds. The smallest absolute Gasteiger partial charge is 0.273 e. The highest BCUT2D eigenvalue weighted by atomic mass is 16.2. The third kappa shape index (κ3) is 2.97. The Balaban J connectivity index is 1.80. The highest BCUT2D eigenvalue weighted by Gasteiger charge is 2.22. The minimum absolute atomic E-state index is 0.134. The zero-order chi connectivity index (χ0) is 19.8. The van der Waals surface area contributed by atoms with Crippen molar-refractivity contribution >= 4 is 28.1 Å². The molecule has 6 nitrogen and oxygen atoms in total. The summed E-state index contributed by atoms with van der Waals surface area (Å²) < 4.78 is 3.73. The second-order valence-corrected chi connectivity index (χ2v) is 6.95. The lowest BCUT2D eigenvalue weighted by molar-refractivity contribution is -0.119. The van der Waals surface area contributed by atoms with Crippen molar-refractivity contribution in [2.45, 2.75) is 33.2 Å². The summed E-state index contributed by atoms with van der Waals surface area (Å²) in [6.07, 6.45) is 0.955. The number of hydrogen-bond donors (Lipinski definition) is 1. The summed E-state index contributed by atoms with van der Waals surface area (Å²) in [5, 5.41) is 3.83. The number of fused-ring (bicyclic) bond motifs is 3. The number of amides is 1. The molecule has 28 heavy (non-hydrogen) atoms. The largest absolute Gasteiger partial charge is 0.324 e. The number of nitrogens with zero attached hydrogens (tertiary/aromatic N) is 3. The van der Waals surface area contributed by atoms with Crippen molar-refractivity contribution in [1.82, 2.24) is 14.2 Å². The van der Waals surface area contributed by atoms with Crippen LogP contribution >= 0.6 is 0 Å². The summed E-state index contributed by atoms with van der Waals surface area (Å²) >= 11 is 0. The number of para-hydroxylation sites is 1. The molecule has 1 unspecified atom stereocenters. The van der Waals surface area contributed by atoms with E-state index in [0.717, 1.165) is 28.7 Å². The van der Waals surface area contributed by atoms with Gasteiger partial charge in [0.25, 0.3) is 5.56 Å². The van der Waals surface area contributed by atoms with Crippen LogP contribution in [0.3, 0.4) is 0 Å². The molecule has 0 spiro atoms. The predicted octanol–water partition coefficient (Wildman–Crippen LogP) is 3.72. The topological polar surface area (TPSA) is 68.4 Å². The molecule has 4 aromatic rings. The fourth-order valence-electron chi connectivity index (χ4n) is 3.57. The average Bonchev–Trinajstić information content (AvgIpc) is 3.02. The quantitative estimate of drug-likeness (QED) is 0.592. The highest BCUT2D eigenvalue weighted by molar-refractivity contribution is 5.97. The van der Waals surface area contributed by atoms with Gasteiger partial charge in [0, 0.05) is 22.8 Å². The summed E-state index contributed by atoms with van der Waals surface area (Å²) in [5.74, 6) is -0.134. The van der Waals surface area contributed by atoms with Gasteiger partial charge in [0.05, 0.1) is 5.52 Å². The van der Waals surface area contributed by atoms with Crippen LogP contribution in [0, 0.1) is 6.92 Å². The molecule has 6 heteroatoms. The Hall–Kier alpha value is -3.41. The van der Waals surface area contributed by atoms with Crippen LogP contribution in [0.4, 0.5) is 5.69 Å². The van der Waals surface area contributed by atoms with Crippen LogP contribution in [0.15, 0.2) is 59.4 Å². The van der Waals surface area contributed by atoms with Crippen molar-refractivity contribution in [3.8, 4) is 0 Å². The van der Waals surface area contributed by atoms with Crippen LogP contribution < -0.4 is 10.9 Å². The summed E-state index contributed by atoms with van der Waals surface area (Å²) in [7, 11) is 0. The Morgan fingerprint density at radius 2 is 1.86 bits per heavy atom. The van der Waals surface area contributed by atoms with Crippen LogP contribution in [0.2, 0.25) is 0 Å². The predicted molar refractivity (Wildman–Crippen MR) is 111 cm³/mol. The van der Waals surface area contributed by atoms with E-state index in [4.69, 9.17) is 0 Å². The Bertz CT molecular complexity index is 1240. The molecule has 0 bridgehead atoms. The van der Waals surface area contributed by atoms with E-state index in [1.807, 2.05) is 71.6 Å². The van der Waals surface area contributed by atoms with E-state index >= 15 is 0 Å². The van der Waals surface area contributed by atoms with Crippen LogP contribution in [-0.2, 0) is 11.2 Å². The standard InChI is InChI=1S/C22H22N4O2/c1-4-16-9-11-17(12-10-16)23-22(28)15(3)26-19-8-6-5-7-18(19)21-24-20(27)13-14(2)25(21)26/h5-13,15H,4H2,1-3H3,(H,23,28). The first kappa shape index (κ1) is 18.0. The normalized spacial score (nSPS) is 12.4. The number of hydrogen-bond acceptors (Lipinski definition) is 3. The first-order valence-corrected chi connectivity index (χ1v) is 9.39. The van der Waals surface area contributed by atoms with Gasteiger partial charge in [0.15, 0.2) is 5.65 Å².